The molecule has 7 heteroatoms. The number of H-pyrrole nitrogens is 1. The topological polar surface area (TPSA) is 72.5 Å². The van der Waals surface area contributed by atoms with Crippen LogP contribution in [0.25, 0.3) is 22.4 Å². The Balaban J connectivity index is 1.92. The molecule has 3 aromatic heterocycles. The summed E-state index contributed by atoms with van der Waals surface area (Å²) in [6.45, 7) is 0.450. The van der Waals surface area contributed by atoms with E-state index in [9.17, 15) is 0 Å². The lowest BCUT2D eigenvalue weighted by molar-refractivity contribution is 0.469. The summed E-state index contributed by atoms with van der Waals surface area (Å²) in [4.78, 5) is 9.04. The number of rotatable bonds is 3. The monoisotopic (exact) mass is 309 g/mol. The van der Waals surface area contributed by atoms with Crippen LogP contribution >= 0.6 is 12.2 Å². The molecular formula is C15H11N5OS. The summed E-state index contributed by atoms with van der Waals surface area (Å²) in [5.41, 5.74) is 2.92. The van der Waals surface area contributed by atoms with Crippen molar-refractivity contribution in [3.8, 4) is 11.4 Å². The minimum atomic E-state index is 0.268. The molecule has 0 radical (unpaired) electrons. The van der Waals surface area contributed by atoms with Crippen LogP contribution in [0, 0.1) is 4.84 Å². The lowest BCUT2D eigenvalue weighted by atomic mass is 10.2. The quantitative estimate of drug-likeness (QED) is 0.588. The fourth-order valence-corrected chi connectivity index (χ4v) is 2.56. The number of para-hydroxylation sites is 2. The second-order valence-electron chi connectivity index (χ2n) is 4.75. The molecule has 108 valence electrons. The van der Waals surface area contributed by atoms with Crippen molar-refractivity contribution in [2.75, 3.05) is 0 Å². The minimum Gasteiger partial charge on any atom is -0.412 e. The molecule has 0 fully saturated rings. The smallest absolute Gasteiger partial charge is 0.284 e. The molecule has 0 aliphatic rings. The Kier molecular flexibility index (Phi) is 3.05. The number of aromatic nitrogens is 5. The molecule has 0 saturated heterocycles. The predicted molar refractivity (Wildman–Crippen MR) is 83.8 cm³/mol. The lowest BCUT2D eigenvalue weighted by Crippen LogP contribution is -2.02. The van der Waals surface area contributed by atoms with Gasteiger partial charge in [-0.2, -0.15) is 0 Å². The summed E-state index contributed by atoms with van der Waals surface area (Å²) in [7, 11) is 0. The maximum Gasteiger partial charge on any atom is 0.284 e. The number of fused-ring (bicyclic) bond motifs is 1. The van der Waals surface area contributed by atoms with Crippen LogP contribution in [0.2, 0.25) is 0 Å². The first-order valence-corrected chi connectivity index (χ1v) is 7.12. The highest BCUT2D eigenvalue weighted by Gasteiger charge is 2.14. The summed E-state index contributed by atoms with van der Waals surface area (Å²) in [5.74, 6) is 1.36. The van der Waals surface area contributed by atoms with E-state index in [0.717, 1.165) is 22.4 Å². The number of pyridine rings is 1. The van der Waals surface area contributed by atoms with Crippen molar-refractivity contribution in [2.45, 2.75) is 6.54 Å². The van der Waals surface area contributed by atoms with E-state index in [1.54, 1.807) is 12.4 Å². The van der Waals surface area contributed by atoms with Gasteiger partial charge in [0.05, 0.1) is 11.0 Å². The Morgan fingerprint density at radius 1 is 1.14 bits per heavy atom. The largest absolute Gasteiger partial charge is 0.412 e. The standard InChI is InChI=1S/C15H11N5OS/c22-15-19-18-13(21-15)9-20-12-4-2-1-3-11(12)17-14(20)10-5-7-16-8-6-10/h1-8H,9H2,(H,19,22). The fraction of sp³-hybridized carbons (Fsp3) is 0.0667. The van der Waals surface area contributed by atoms with Crippen LogP contribution in [-0.4, -0.2) is 24.7 Å². The Morgan fingerprint density at radius 2 is 1.95 bits per heavy atom. The first kappa shape index (κ1) is 12.9. The van der Waals surface area contributed by atoms with Crippen molar-refractivity contribution in [2.24, 2.45) is 0 Å². The second kappa shape index (κ2) is 5.19. The average Bonchev–Trinajstić information content (AvgIpc) is 3.13. The van der Waals surface area contributed by atoms with E-state index in [2.05, 4.69) is 19.7 Å². The van der Waals surface area contributed by atoms with Gasteiger partial charge in [0.1, 0.15) is 12.4 Å². The summed E-state index contributed by atoms with van der Waals surface area (Å²) in [6.07, 6.45) is 3.50. The van der Waals surface area contributed by atoms with Gasteiger partial charge >= 0.3 is 0 Å². The molecule has 4 rings (SSSR count). The Hall–Kier alpha value is -2.80. The zero-order chi connectivity index (χ0) is 14.9. The highest BCUT2D eigenvalue weighted by Crippen LogP contribution is 2.25. The number of imidazole rings is 1. The lowest BCUT2D eigenvalue weighted by Gasteiger charge is -2.06. The molecule has 22 heavy (non-hydrogen) atoms. The molecule has 0 unspecified atom stereocenters. The van der Waals surface area contributed by atoms with Gasteiger partial charge in [-0.15, -0.1) is 5.10 Å². The van der Waals surface area contributed by atoms with Crippen LogP contribution in [0.5, 0.6) is 0 Å². The molecule has 0 spiro atoms. The number of hydrogen-bond acceptors (Lipinski definition) is 5. The normalized spacial score (nSPS) is 11.1. The Morgan fingerprint density at radius 3 is 2.73 bits per heavy atom. The van der Waals surface area contributed by atoms with Crippen molar-refractivity contribution in [1.29, 1.82) is 0 Å². The van der Waals surface area contributed by atoms with Gasteiger partial charge in [0.25, 0.3) is 4.84 Å². The zero-order valence-corrected chi connectivity index (χ0v) is 12.2. The third-order valence-corrected chi connectivity index (χ3v) is 3.54. The summed E-state index contributed by atoms with van der Waals surface area (Å²) in [5, 5.41) is 6.72. The molecule has 0 atom stereocenters. The van der Waals surface area contributed by atoms with Crippen molar-refractivity contribution >= 4 is 23.3 Å². The fourth-order valence-electron chi connectivity index (χ4n) is 2.42. The minimum absolute atomic E-state index is 0.268. The number of nitrogens with one attached hydrogen (secondary N) is 1. The maximum atomic E-state index is 5.38. The molecular weight excluding hydrogens is 298 g/mol. The van der Waals surface area contributed by atoms with Gasteiger partial charge in [0.2, 0.25) is 5.89 Å². The average molecular weight is 309 g/mol. The van der Waals surface area contributed by atoms with E-state index in [1.165, 1.54) is 0 Å². The molecule has 6 nitrogen and oxygen atoms in total. The molecule has 1 N–H and O–H groups in total. The molecule has 0 bridgehead atoms. The number of hydrogen-bond donors (Lipinski definition) is 1. The summed E-state index contributed by atoms with van der Waals surface area (Å²) >= 11 is 4.93. The molecule has 4 aromatic rings. The van der Waals surface area contributed by atoms with E-state index in [1.807, 2.05) is 36.4 Å². The van der Waals surface area contributed by atoms with E-state index >= 15 is 0 Å². The van der Waals surface area contributed by atoms with Crippen LogP contribution in [0.1, 0.15) is 5.89 Å². The van der Waals surface area contributed by atoms with E-state index in [4.69, 9.17) is 21.6 Å². The van der Waals surface area contributed by atoms with Crippen molar-refractivity contribution in [3.63, 3.8) is 0 Å². The summed E-state index contributed by atoms with van der Waals surface area (Å²) < 4.78 is 7.44. The second-order valence-corrected chi connectivity index (χ2v) is 5.12. The zero-order valence-electron chi connectivity index (χ0n) is 11.4. The molecule has 3 heterocycles. The number of aromatic amines is 1. The Bertz CT molecular complexity index is 986. The Labute approximate surface area is 130 Å². The maximum absolute atomic E-state index is 5.38. The van der Waals surface area contributed by atoms with Crippen LogP contribution in [-0.2, 0) is 6.54 Å². The van der Waals surface area contributed by atoms with Gasteiger partial charge in [0.15, 0.2) is 0 Å². The first-order valence-electron chi connectivity index (χ1n) is 6.71. The molecule has 0 aliphatic heterocycles. The van der Waals surface area contributed by atoms with Gasteiger partial charge < -0.3 is 8.98 Å². The molecule has 1 aromatic carbocycles. The van der Waals surface area contributed by atoms with Gasteiger partial charge in [-0.05, 0) is 36.5 Å². The highest BCUT2D eigenvalue weighted by atomic mass is 32.1. The van der Waals surface area contributed by atoms with Gasteiger partial charge in [-0.25, -0.2) is 10.1 Å². The van der Waals surface area contributed by atoms with E-state index < -0.39 is 0 Å². The van der Waals surface area contributed by atoms with Crippen LogP contribution in [0.3, 0.4) is 0 Å². The SMILES string of the molecule is S=c1[nH]nc(Cn2c(-c3ccncc3)nc3ccccc32)o1. The molecule has 0 aliphatic carbocycles. The van der Waals surface area contributed by atoms with Gasteiger partial charge in [-0.3, -0.25) is 4.98 Å². The molecule has 0 saturated carbocycles. The first-order chi connectivity index (χ1) is 10.8. The van der Waals surface area contributed by atoms with Crippen molar-refractivity contribution in [3.05, 3.63) is 59.5 Å². The van der Waals surface area contributed by atoms with Crippen LogP contribution in [0.15, 0.2) is 53.2 Å². The van der Waals surface area contributed by atoms with Crippen molar-refractivity contribution in [1.82, 2.24) is 24.7 Å². The number of nitrogens with zero attached hydrogens (tertiary/aromatic N) is 4. The third-order valence-electron chi connectivity index (χ3n) is 3.37. The highest BCUT2D eigenvalue weighted by molar-refractivity contribution is 7.71. The van der Waals surface area contributed by atoms with Crippen molar-refractivity contribution < 1.29 is 4.42 Å². The van der Waals surface area contributed by atoms with Gasteiger partial charge in [-0.1, -0.05) is 12.1 Å². The molecule has 0 amide bonds. The van der Waals surface area contributed by atoms with Crippen LogP contribution < -0.4 is 0 Å². The number of benzene rings is 1. The third kappa shape index (κ3) is 2.21. The van der Waals surface area contributed by atoms with E-state index in [-0.39, 0.29) is 4.84 Å². The van der Waals surface area contributed by atoms with Gasteiger partial charge in [0, 0.05) is 18.0 Å². The van der Waals surface area contributed by atoms with Crippen LogP contribution in [0.4, 0.5) is 0 Å². The van der Waals surface area contributed by atoms with E-state index in [0.29, 0.717) is 12.4 Å². The predicted octanol–water partition coefficient (Wildman–Crippen LogP) is 3.19. The summed E-state index contributed by atoms with van der Waals surface area (Å²) in [6, 6.07) is 11.8.